The molecule has 1 aliphatic rings. The zero-order chi connectivity index (χ0) is 22.8. The van der Waals surface area contributed by atoms with Gasteiger partial charge in [0, 0.05) is 40.7 Å². The van der Waals surface area contributed by atoms with Crippen LogP contribution in [0.25, 0.3) is 0 Å². The Morgan fingerprint density at radius 1 is 1.10 bits per heavy atom. The summed E-state index contributed by atoms with van der Waals surface area (Å²) in [4.78, 5) is 27.2. The highest BCUT2D eigenvalue weighted by Crippen LogP contribution is 2.31. The lowest BCUT2D eigenvalue weighted by Crippen LogP contribution is -2.52. The number of amides is 2. The Kier molecular flexibility index (Phi) is 7.17. The van der Waals surface area contributed by atoms with Crippen LogP contribution in [0.1, 0.15) is 54.6 Å². The van der Waals surface area contributed by atoms with Gasteiger partial charge in [-0.05, 0) is 75.6 Å². The number of aryl methyl sites for hydroxylation is 1. The smallest absolute Gasteiger partial charge is 0.410 e. The minimum absolute atomic E-state index is 0.115. The third kappa shape index (κ3) is 6.14. The van der Waals surface area contributed by atoms with E-state index in [0.717, 1.165) is 11.1 Å². The minimum Gasteiger partial charge on any atom is -0.444 e. The summed E-state index contributed by atoms with van der Waals surface area (Å²) in [5, 5.41) is 4.38. The van der Waals surface area contributed by atoms with Crippen molar-refractivity contribution in [2.75, 3.05) is 13.1 Å². The van der Waals surface area contributed by atoms with Crippen LogP contribution in [-0.2, 0) is 4.74 Å². The molecule has 1 heterocycles. The maximum Gasteiger partial charge on any atom is 0.410 e. The highest BCUT2D eigenvalue weighted by Gasteiger charge is 2.35. The molecule has 0 radical (unpaired) electrons. The molecule has 5 nitrogen and oxygen atoms in total. The molecule has 7 heteroatoms. The summed E-state index contributed by atoms with van der Waals surface area (Å²) in [6, 6.07) is 12.5. The van der Waals surface area contributed by atoms with Crippen LogP contribution < -0.4 is 5.32 Å². The molecule has 1 fully saturated rings. The molecule has 1 N–H and O–H groups in total. The van der Waals surface area contributed by atoms with Crippen LogP contribution in [0.5, 0.6) is 0 Å². The third-order valence-corrected chi connectivity index (χ3v) is 5.97. The SMILES string of the molecule is Cc1ccc(C2CN(C(=O)OC(C)(C)C)CCC2NC(=O)c2ccc(Cl)cc2)cc1Cl. The Hall–Kier alpha value is -2.24. The molecule has 2 unspecified atom stereocenters. The number of likely N-dealkylation sites (tertiary alicyclic amines) is 1. The van der Waals surface area contributed by atoms with Gasteiger partial charge in [0.05, 0.1) is 0 Å². The van der Waals surface area contributed by atoms with Gasteiger partial charge in [-0.25, -0.2) is 4.79 Å². The van der Waals surface area contributed by atoms with E-state index in [1.165, 1.54) is 0 Å². The van der Waals surface area contributed by atoms with E-state index < -0.39 is 5.60 Å². The van der Waals surface area contributed by atoms with Gasteiger partial charge in [0.2, 0.25) is 0 Å². The van der Waals surface area contributed by atoms with Crippen molar-refractivity contribution in [1.29, 1.82) is 0 Å². The van der Waals surface area contributed by atoms with Gasteiger partial charge in [0.25, 0.3) is 5.91 Å². The maximum absolute atomic E-state index is 12.8. The van der Waals surface area contributed by atoms with Crippen molar-refractivity contribution in [2.24, 2.45) is 0 Å². The van der Waals surface area contributed by atoms with E-state index in [2.05, 4.69) is 5.32 Å². The lowest BCUT2D eigenvalue weighted by molar-refractivity contribution is 0.0177. The Morgan fingerprint density at radius 3 is 2.39 bits per heavy atom. The van der Waals surface area contributed by atoms with Crippen molar-refractivity contribution in [2.45, 2.75) is 51.7 Å². The molecule has 2 aromatic carbocycles. The van der Waals surface area contributed by atoms with E-state index in [9.17, 15) is 9.59 Å². The number of nitrogens with one attached hydrogen (secondary N) is 1. The van der Waals surface area contributed by atoms with Gasteiger partial charge in [-0.2, -0.15) is 0 Å². The van der Waals surface area contributed by atoms with Crippen molar-refractivity contribution in [3.05, 3.63) is 69.2 Å². The first-order valence-electron chi connectivity index (χ1n) is 10.3. The molecule has 2 amide bonds. The molecular weight excluding hydrogens is 435 g/mol. The summed E-state index contributed by atoms with van der Waals surface area (Å²) in [6.45, 7) is 8.42. The van der Waals surface area contributed by atoms with Gasteiger partial charge in [-0.1, -0.05) is 35.3 Å². The van der Waals surface area contributed by atoms with Crippen molar-refractivity contribution >= 4 is 35.2 Å². The number of nitrogens with zero attached hydrogens (tertiary/aromatic N) is 1. The van der Waals surface area contributed by atoms with Gasteiger partial charge in [0.15, 0.2) is 0 Å². The zero-order valence-corrected chi connectivity index (χ0v) is 19.8. The first-order valence-corrected chi connectivity index (χ1v) is 11.1. The standard InChI is InChI=1S/C24H28Cl2N2O3/c1-15-5-6-17(13-20(15)26)19-14-28(23(30)31-24(2,3)4)12-11-21(19)27-22(29)16-7-9-18(25)10-8-16/h5-10,13,19,21H,11-12,14H2,1-4H3,(H,27,29). The Balaban J connectivity index is 1.83. The Labute approximate surface area is 193 Å². The highest BCUT2D eigenvalue weighted by molar-refractivity contribution is 6.31. The summed E-state index contributed by atoms with van der Waals surface area (Å²) in [7, 11) is 0. The van der Waals surface area contributed by atoms with Crippen LogP contribution in [0.15, 0.2) is 42.5 Å². The lowest BCUT2D eigenvalue weighted by atomic mass is 9.85. The molecule has 0 spiro atoms. The van der Waals surface area contributed by atoms with Crippen LogP contribution in [0, 0.1) is 6.92 Å². The second kappa shape index (κ2) is 9.49. The van der Waals surface area contributed by atoms with E-state index >= 15 is 0 Å². The summed E-state index contributed by atoms with van der Waals surface area (Å²) < 4.78 is 5.56. The predicted octanol–water partition coefficient (Wildman–Crippen LogP) is 5.82. The number of carbonyl (C=O) groups is 2. The van der Waals surface area contributed by atoms with Gasteiger partial charge in [-0.3, -0.25) is 4.79 Å². The first-order chi connectivity index (χ1) is 14.5. The molecule has 166 valence electrons. The quantitative estimate of drug-likeness (QED) is 0.624. The second-order valence-electron chi connectivity index (χ2n) is 8.92. The zero-order valence-electron chi connectivity index (χ0n) is 18.2. The molecule has 3 rings (SSSR count). The maximum atomic E-state index is 12.8. The summed E-state index contributed by atoms with van der Waals surface area (Å²) in [5.74, 6) is -0.286. The van der Waals surface area contributed by atoms with E-state index in [1.54, 1.807) is 29.2 Å². The fraction of sp³-hybridized carbons (Fsp3) is 0.417. The number of carbonyl (C=O) groups excluding carboxylic acids is 2. The van der Waals surface area contributed by atoms with Crippen LogP contribution in [0.2, 0.25) is 10.0 Å². The largest absolute Gasteiger partial charge is 0.444 e. The number of hydrogen-bond donors (Lipinski definition) is 1. The fourth-order valence-electron chi connectivity index (χ4n) is 3.65. The molecule has 0 aliphatic carbocycles. The van der Waals surface area contributed by atoms with Crippen molar-refractivity contribution in [3.63, 3.8) is 0 Å². The topological polar surface area (TPSA) is 58.6 Å². The minimum atomic E-state index is -0.570. The lowest BCUT2D eigenvalue weighted by Gasteiger charge is -2.39. The second-order valence-corrected chi connectivity index (χ2v) is 9.76. The number of halogens is 2. The van der Waals surface area contributed by atoms with Crippen molar-refractivity contribution < 1.29 is 14.3 Å². The molecule has 1 aliphatic heterocycles. The Morgan fingerprint density at radius 2 is 1.77 bits per heavy atom. The van der Waals surface area contributed by atoms with Crippen molar-refractivity contribution in [3.8, 4) is 0 Å². The van der Waals surface area contributed by atoms with E-state index in [4.69, 9.17) is 27.9 Å². The van der Waals surface area contributed by atoms with Gasteiger partial charge >= 0.3 is 6.09 Å². The fourth-order valence-corrected chi connectivity index (χ4v) is 3.96. The third-order valence-electron chi connectivity index (χ3n) is 5.31. The van der Waals surface area contributed by atoms with Crippen LogP contribution in [0.3, 0.4) is 0 Å². The summed E-state index contributed by atoms with van der Waals surface area (Å²) in [5.41, 5.74) is 1.93. The highest BCUT2D eigenvalue weighted by atomic mass is 35.5. The molecule has 1 saturated heterocycles. The van der Waals surface area contributed by atoms with Gasteiger partial charge < -0.3 is 15.0 Å². The molecule has 0 aromatic heterocycles. The summed E-state index contributed by atoms with van der Waals surface area (Å²) in [6.07, 6.45) is 0.257. The number of hydrogen-bond acceptors (Lipinski definition) is 3. The first kappa shape index (κ1) is 23.4. The van der Waals surface area contributed by atoms with Gasteiger partial charge in [0.1, 0.15) is 5.60 Å². The van der Waals surface area contributed by atoms with Gasteiger partial charge in [-0.15, -0.1) is 0 Å². The van der Waals surface area contributed by atoms with Crippen LogP contribution >= 0.6 is 23.2 Å². The van der Waals surface area contributed by atoms with E-state index in [-0.39, 0.29) is 24.0 Å². The van der Waals surface area contributed by atoms with Crippen LogP contribution in [0.4, 0.5) is 4.79 Å². The number of rotatable bonds is 3. The Bertz CT molecular complexity index is 954. The van der Waals surface area contributed by atoms with Crippen molar-refractivity contribution in [1.82, 2.24) is 10.2 Å². The average Bonchev–Trinajstić information content (AvgIpc) is 2.69. The molecule has 0 saturated carbocycles. The molecule has 2 atom stereocenters. The average molecular weight is 463 g/mol. The molecular formula is C24H28Cl2N2O3. The number of ether oxygens (including phenoxy) is 1. The monoisotopic (exact) mass is 462 g/mol. The number of piperidine rings is 1. The van der Waals surface area contributed by atoms with E-state index in [1.807, 2.05) is 45.9 Å². The summed E-state index contributed by atoms with van der Waals surface area (Å²) >= 11 is 12.3. The molecule has 31 heavy (non-hydrogen) atoms. The van der Waals surface area contributed by atoms with E-state index in [0.29, 0.717) is 35.1 Å². The molecule has 2 aromatic rings. The molecule has 0 bridgehead atoms. The predicted molar refractivity (Wildman–Crippen MR) is 124 cm³/mol. The van der Waals surface area contributed by atoms with Crippen LogP contribution in [-0.4, -0.2) is 41.6 Å². The normalized spacial score (nSPS) is 19.1. The number of benzene rings is 2.